The zero-order valence-corrected chi connectivity index (χ0v) is 8.43. The molecule has 0 fully saturated rings. The number of carbonyl (C=O) groups excluding carboxylic acids is 1. The largest absolute Gasteiger partial charge is 0.370 e. The van der Waals surface area contributed by atoms with Crippen LogP contribution in [0.3, 0.4) is 0 Å². The summed E-state index contributed by atoms with van der Waals surface area (Å²) >= 11 is 7.26. The number of nitrogens with zero attached hydrogens (tertiary/aromatic N) is 1. The van der Waals surface area contributed by atoms with Gasteiger partial charge in [-0.05, 0) is 12.1 Å². The van der Waals surface area contributed by atoms with E-state index in [-0.39, 0.29) is 5.56 Å². The summed E-state index contributed by atoms with van der Waals surface area (Å²) in [6, 6.07) is 3.23. The molecule has 0 atom stereocenters. The highest BCUT2D eigenvalue weighted by Gasteiger charge is 2.13. The van der Waals surface area contributed by atoms with Gasteiger partial charge in [0.25, 0.3) is 0 Å². The topological polar surface area (TPSA) is 65.2 Å². The van der Waals surface area contributed by atoms with Crippen molar-refractivity contribution in [3.8, 4) is 0 Å². The summed E-state index contributed by atoms with van der Waals surface area (Å²) in [5.74, 6) is 4.12. The van der Waals surface area contributed by atoms with Gasteiger partial charge in [0, 0.05) is 0 Å². The Kier molecular flexibility index (Phi) is 2.37. The number of benzene rings is 1. The summed E-state index contributed by atoms with van der Waals surface area (Å²) in [6.07, 6.45) is 0. The number of nitrogens with two attached hydrogens (primary N) is 1. The fraction of sp³-hybridized carbons (Fsp3) is 0. The molecular formula is C8H5ClN2O2S. The smallest absolute Gasteiger partial charge is 0.358 e. The average Bonchev–Trinajstić information content (AvgIpc) is 2.62. The molecule has 2 aromatic rings. The first kappa shape index (κ1) is 9.39. The molecule has 6 heteroatoms. The van der Waals surface area contributed by atoms with E-state index in [0.717, 1.165) is 10.2 Å². The standard InChI is InChI=1S/C8H5ClN2O2S/c9-5-2-6-7(14-3-11-6)1-4(5)8(12)13-10/h1-3H,10H2. The second-order valence-corrected chi connectivity index (χ2v) is 3.85. The molecular weight excluding hydrogens is 224 g/mol. The minimum Gasteiger partial charge on any atom is -0.370 e. The summed E-state index contributed by atoms with van der Waals surface area (Å²) in [5, 5.41) is 0.291. The number of carbonyl (C=O) groups is 1. The van der Waals surface area contributed by atoms with Crippen LogP contribution in [0.25, 0.3) is 10.2 Å². The van der Waals surface area contributed by atoms with Gasteiger partial charge in [0.05, 0.1) is 26.3 Å². The molecule has 4 nitrogen and oxygen atoms in total. The minimum absolute atomic E-state index is 0.255. The van der Waals surface area contributed by atoms with Gasteiger partial charge < -0.3 is 4.84 Å². The highest BCUT2D eigenvalue weighted by atomic mass is 35.5. The zero-order valence-electron chi connectivity index (χ0n) is 6.86. The van der Waals surface area contributed by atoms with Crippen LogP contribution >= 0.6 is 22.9 Å². The molecule has 0 spiro atoms. The van der Waals surface area contributed by atoms with E-state index in [4.69, 9.17) is 17.5 Å². The van der Waals surface area contributed by atoms with Gasteiger partial charge >= 0.3 is 5.97 Å². The predicted molar refractivity (Wildman–Crippen MR) is 54.2 cm³/mol. The van der Waals surface area contributed by atoms with Crippen LogP contribution < -0.4 is 5.90 Å². The Labute approximate surface area is 88.2 Å². The van der Waals surface area contributed by atoms with Crippen LogP contribution in [0.4, 0.5) is 0 Å². The number of hydrogen-bond donors (Lipinski definition) is 1. The Morgan fingerprint density at radius 2 is 2.36 bits per heavy atom. The number of thiazole rings is 1. The van der Waals surface area contributed by atoms with Crippen LogP contribution in [-0.2, 0) is 4.84 Å². The van der Waals surface area contributed by atoms with Crippen molar-refractivity contribution in [2.24, 2.45) is 5.90 Å². The first-order valence-corrected chi connectivity index (χ1v) is 4.92. The van der Waals surface area contributed by atoms with Crippen molar-refractivity contribution in [1.29, 1.82) is 0 Å². The second kappa shape index (κ2) is 3.53. The molecule has 72 valence electrons. The fourth-order valence-corrected chi connectivity index (χ4v) is 2.03. The van der Waals surface area contributed by atoms with Crippen LogP contribution in [0.15, 0.2) is 17.6 Å². The molecule has 0 aliphatic rings. The van der Waals surface area contributed by atoms with Crippen molar-refractivity contribution in [2.75, 3.05) is 0 Å². The Hall–Kier alpha value is -1.17. The third kappa shape index (κ3) is 1.45. The Morgan fingerprint density at radius 1 is 1.57 bits per heavy atom. The van der Waals surface area contributed by atoms with Gasteiger partial charge in [-0.3, -0.25) is 0 Å². The van der Waals surface area contributed by atoms with E-state index in [1.54, 1.807) is 17.6 Å². The number of fused-ring (bicyclic) bond motifs is 1. The SMILES string of the molecule is NOC(=O)c1cc2scnc2cc1Cl. The summed E-state index contributed by atoms with van der Waals surface area (Å²) in [4.78, 5) is 19.3. The Morgan fingerprint density at radius 3 is 3.07 bits per heavy atom. The Balaban J connectivity index is 2.64. The van der Waals surface area contributed by atoms with Gasteiger partial charge in [-0.1, -0.05) is 11.6 Å². The Bertz CT molecular complexity index is 497. The lowest BCUT2D eigenvalue weighted by molar-refractivity contribution is 0.0504. The maximum atomic E-state index is 11.2. The third-order valence-electron chi connectivity index (χ3n) is 1.75. The fourth-order valence-electron chi connectivity index (χ4n) is 1.10. The van der Waals surface area contributed by atoms with E-state index in [0.29, 0.717) is 5.02 Å². The molecule has 0 bridgehead atoms. The molecule has 0 unspecified atom stereocenters. The molecule has 0 saturated carbocycles. The van der Waals surface area contributed by atoms with E-state index >= 15 is 0 Å². The normalized spacial score (nSPS) is 10.4. The molecule has 0 aliphatic carbocycles. The van der Waals surface area contributed by atoms with Crippen molar-refractivity contribution in [2.45, 2.75) is 0 Å². The maximum absolute atomic E-state index is 11.2. The first-order chi connectivity index (χ1) is 6.72. The number of hydrogen-bond acceptors (Lipinski definition) is 5. The van der Waals surface area contributed by atoms with Gasteiger partial charge in [0.1, 0.15) is 0 Å². The summed E-state index contributed by atoms with van der Waals surface area (Å²) in [5.41, 5.74) is 2.69. The average molecular weight is 229 g/mol. The molecule has 1 aromatic carbocycles. The molecule has 0 radical (unpaired) electrons. The number of rotatable bonds is 1. The van der Waals surface area contributed by atoms with Crippen LogP contribution in [0.1, 0.15) is 10.4 Å². The monoisotopic (exact) mass is 228 g/mol. The third-order valence-corrected chi connectivity index (χ3v) is 2.85. The molecule has 14 heavy (non-hydrogen) atoms. The van der Waals surface area contributed by atoms with E-state index in [9.17, 15) is 4.79 Å². The van der Waals surface area contributed by atoms with Crippen molar-refractivity contribution >= 4 is 39.1 Å². The van der Waals surface area contributed by atoms with E-state index < -0.39 is 5.97 Å². The minimum atomic E-state index is -0.648. The lowest BCUT2D eigenvalue weighted by atomic mass is 10.2. The molecule has 0 aliphatic heterocycles. The predicted octanol–water partition coefficient (Wildman–Crippen LogP) is 1.98. The van der Waals surface area contributed by atoms with Crippen LogP contribution in [0.5, 0.6) is 0 Å². The second-order valence-electron chi connectivity index (χ2n) is 2.56. The summed E-state index contributed by atoms with van der Waals surface area (Å²) in [7, 11) is 0. The van der Waals surface area contributed by atoms with E-state index in [1.807, 2.05) is 0 Å². The lowest BCUT2D eigenvalue weighted by Crippen LogP contribution is -2.10. The van der Waals surface area contributed by atoms with Crippen molar-refractivity contribution < 1.29 is 9.63 Å². The van der Waals surface area contributed by atoms with Crippen LogP contribution in [0, 0.1) is 0 Å². The summed E-state index contributed by atoms with van der Waals surface area (Å²) < 4.78 is 0.870. The molecule has 0 amide bonds. The van der Waals surface area contributed by atoms with E-state index in [1.165, 1.54) is 11.3 Å². The van der Waals surface area contributed by atoms with Gasteiger partial charge in [-0.2, -0.15) is 5.90 Å². The van der Waals surface area contributed by atoms with E-state index in [2.05, 4.69) is 9.82 Å². The van der Waals surface area contributed by atoms with Crippen molar-refractivity contribution in [1.82, 2.24) is 4.98 Å². The van der Waals surface area contributed by atoms with Crippen LogP contribution in [-0.4, -0.2) is 11.0 Å². The zero-order chi connectivity index (χ0) is 10.1. The van der Waals surface area contributed by atoms with Gasteiger partial charge in [-0.15, -0.1) is 11.3 Å². The maximum Gasteiger partial charge on any atom is 0.358 e. The van der Waals surface area contributed by atoms with Crippen molar-refractivity contribution in [3.63, 3.8) is 0 Å². The van der Waals surface area contributed by atoms with Crippen molar-refractivity contribution in [3.05, 3.63) is 28.2 Å². The quantitative estimate of drug-likeness (QED) is 0.758. The molecule has 2 N–H and O–H groups in total. The first-order valence-electron chi connectivity index (χ1n) is 3.66. The van der Waals surface area contributed by atoms with Gasteiger partial charge in [0.2, 0.25) is 0 Å². The molecule has 2 rings (SSSR count). The summed E-state index contributed by atoms with van der Waals surface area (Å²) in [6.45, 7) is 0. The number of halogens is 1. The number of aromatic nitrogens is 1. The molecule has 0 saturated heterocycles. The lowest BCUT2D eigenvalue weighted by Gasteiger charge is -2.00. The van der Waals surface area contributed by atoms with Gasteiger partial charge in [-0.25, -0.2) is 9.78 Å². The highest BCUT2D eigenvalue weighted by molar-refractivity contribution is 7.16. The van der Waals surface area contributed by atoms with Gasteiger partial charge in [0.15, 0.2) is 0 Å². The molecule has 1 heterocycles. The molecule has 1 aromatic heterocycles. The highest BCUT2D eigenvalue weighted by Crippen LogP contribution is 2.26. The van der Waals surface area contributed by atoms with Crippen LogP contribution in [0.2, 0.25) is 5.02 Å².